The highest BCUT2D eigenvalue weighted by molar-refractivity contribution is 5.19. The van der Waals surface area contributed by atoms with E-state index in [0.717, 1.165) is 38.3 Å². The molecule has 106 valence electrons. The molecule has 1 heterocycles. The molecule has 1 fully saturated rings. The van der Waals surface area contributed by atoms with E-state index >= 15 is 0 Å². The van der Waals surface area contributed by atoms with Crippen LogP contribution in [0, 0.1) is 5.82 Å². The van der Waals surface area contributed by atoms with Crippen molar-refractivity contribution in [1.82, 2.24) is 10.2 Å². The summed E-state index contributed by atoms with van der Waals surface area (Å²) in [6.07, 6.45) is 0.247. The van der Waals surface area contributed by atoms with Crippen molar-refractivity contribution < 1.29 is 9.13 Å². The van der Waals surface area contributed by atoms with Gasteiger partial charge in [0.05, 0.1) is 12.7 Å². The minimum Gasteiger partial charge on any atom is -0.374 e. The van der Waals surface area contributed by atoms with Gasteiger partial charge in [-0.1, -0.05) is 19.1 Å². The second-order valence-corrected chi connectivity index (χ2v) is 5.07. The zero-order chi connectivity index (χ0) is 13.7. The molecule has 1 aliphatic heterocycles. The third-order valence-electron chi connectivity index (χ3n) is 3.69. The van der Waals surface area contributed by atoms with Crippen molar-refractivity contribution in [2.24, 2.45) is 0 Å². The fraction of sp³-hybridized carbons (Fsp3) is 0.600. The van der Waals surface area contributed by atoms with E-state index in [1.54, 1.807) is 0 Å². The lowest BCUT2D eigenvalue weighted by Crippen LogP contribution is -2.46. The molecule has 4 heteroatoms. The first-order valence-electron chi connectivity index (χ1n) is 7.02. The first-order valence-corrected chi connectivity index (χ1v) is 7.02. The Labute approximate surface area is 114 Å². The lowest BCUT2D eigenvalue weighted by molar-refractivity contribution is -0.0262. The number of nitrogens with one attached hydrogen (secondary N) is 1. The zero-order valence-corrected chi connectivity index (χ0v) is 11.7. The predicted molar refractivity (Wildman–Crippen MR) is 74.7 cm³/mol. The topological polar surface area (TPSA) is 24.5 Å². The molecule has 2 unspecified atom stereocenters. The van der Waals surface area contributed by atoms with Crippen LogP contribution in [0.15, 0.2) is 24.3 Å². The first kappa shape index (κ1) is 14.4. The van der Waals surface area contributed by atoms with Crippen molar-refractivity contribution in [3.63, 3.8) is 0 Å². The van der Waals surface area contributed by atoms with Crippen LogP contribution >= 0.6 is 0 Å². The van der Waals surface area contributed by atoms with Gasteiger partial charge >= 0.3 is 0 Å². The summed E-state index contributed by atoms with van der Waals surface area (Å²) in [5.74, 6) is -0.190. The Morgan fingerprint density at radius 1 is 1.42 bits per heavy atom. The van der Waals surface area contributed by atoms with Crippen LogP contribution in [0.3, 0.4) is 0 Å². The third kappa shape index (κ3) is 4.27. The summed E-state index contributed by atoms with van der Waals surface area (Å²) in [5.41, 5.74) is 1.10. The summed E-state index contributed by atoms with van der Waals surface area (Å²) in [4.78, 5) is 2.40. The summed E-state index contributed by atoms with van der Waals surface area (Å²) in [5, 5.41) is 3.46. The molecule has 0 radical (unpaired) electrons. The van der Waals surface area contributed by atoms with Gasteiger partial charge in [0, 0.05) is 25.7 Å². The Bertz CT molecular complexity index is 382. The number of likely N-dealkylation sites (N-methyl/N-ethyl adjacent to an activating group) is 1. The van der Waals surface area contributed by atoms with E-state index in [1.807, 2.05) is 12.1 Å². The maximum atomic E-state index is 12.9. The molecule has 2 rings (SSSR count). The molecule has 1 aromatic carbocycles. The lowest BCUT2D eigenvalue weighted by atomic mass is 10.1. The maximum Gasteiger partial charge on any atom is 0.123 e. The largest absolute Gasteiger partial charge is 0.374 e. The minimum absolute atomic E-state index is 0.190. The van der Waals surface area contributed by atoms with Crippen LogP contribution in [0.4, 0.5) is 4.39 Å². The van der Waals surface area contributed by atoms with E-state index in [4.69, 9.17) is 4.74 Å². The van der Waals surface area contributed by atoms with Gasteiger partial charge in [0.25, 0.3) is 0 Å². The highest BCUT2D eigenvalue weighted by Crippen LogP contribution is 2.13. The van der Waals surface area contributed by atoms with E-state index in [0.29, 0.717) is 0 Å². The van der Waals surface area contributed by atoms with Crippen molar-refractivity contribution in [1.29, 1.82) is 0 Å². The van der Waals surface area contributed by atoms with Gasteiger partial charge in [-0.2, -0.15) is 0 Å². The van der Waals surface area contributed by atoms with Crippen molar-refractivity contribution in [2.45, 2.75) is 26.0 Å². The van der Waals surface area contributed by atoms with Crippen molar-refractivity contribution >= 4 is 0 Å². The molecule has 3 nitrogen and oxygen atoms in total. The second-order valence-electron chi connectivity index (χ2n) is 5.07. The Kier molecular flexibility index (Phi) is 5.31. The van der Waals surface area contributed by atoms with Crippen molar-refractivity contribution in [2.75, 3.05) is 32.8 Å². The summed E-state index contributed by atoms with van der Waals surface area (Å²) in [6, 6.07) is 6.87. The standard InChI is InChI=1S/C15H23FN2O/c1-3-18-8-9-19-15(11-18)10-17-12(2)13-4-6-14(16)7-5-13/h4-7,12,15,17H,3,8-11H2,1-2H3. The normalized spacial score (nSPS) is 22.4. The number of halogens is 1. The molecule has 0 aliphatic carbocycles. The number of morpholine rings is 1. The molecular weight excluding hydrogens is 243 g/mol. The van der Waals surface area contributed by atoms with Gasteiger partial charge in [-0.25, -0.2) is 4.39 Å². The first-order chi connectivity index (χ1) is 9.19. The number of ether oxygens (including phenoxy) is 1. The Hall–Kier alpha value is -0.970. The second kappa shape index (κ2) is 6.98. The Morgan fingerprint density at radius 3 is 2.84 bits per heavy atom. The molecule has 1 aliphatic rings. The van der Waals surface area contributed by atoms with E-state index in [1.165, 1.54) is 12.1 Å². The molecule has 1 saturated heterocycles. The Morgan fingerprint density at radius 2 is 2.16 bits per heavy atom. The molecule has 0 amide bonds. The van der Waals surface area contributed by atoms with Gasteiger partial charge in [-0.15, -0.1) is 0 Å². The smallest absolute Gasteiger partial charge is 0.123 e. The van der Waals surface area contributed by atoms with Crippen LogP contribution in [0.25, 0.3) is 0 Å². The minimum atomic E-state index is -0.190. The lowest BCUT2D eigenvalue weighted by Gasteiger charge is -2.32. The van der Waals surface area contributed by atoms with Gasteiger partial charge in [0.1, 0.15) is 5.82 Å². The molecule has 0 spiro atoms. The highest BCUT2D eigenvalue weighted by Gasteiger charge is 2.19. The number of rotatable bonds is 5. The van der Waals surface area contributed by atoms with E-state index in [2.05, 4.69) is 24.1 Å². The van der Waals surface area contributed by atoms with Crippen LogP contribution < -0.4 is 5.32 Å². The SMILES string of the molecule is CCN1CCOC(CNC(C)c2ccc(F)cc2)C1. The fourth-order valence-electron chi connectivity index (χ4n) is 2.37. The predicted octanol–water partition coefficient (Wildman–Crippen LogP) is 2.20. The highest BCUT2D eigenvalue weighted by atomic mass is 19.1. The summed E-state index contributed by atoms with van der Waals surface area (Å²) in [7, 11) is 0. The molecule has 0 saturated carbocycles. The van der Waals surface area contributed by atoms with Crippen molar-refractivity contribution in [3.05, 3.63) is 35.6 Å². The van der Waals surface area contributed by atoms with Crippen LogP contribution in [0.1, 0.15) is 25.5 Å². The van der Waals surface area contributed by atoms with Gasteiger partial charge < -0.3 is 10.1 Å². The molecule has 19 heavy (non-hydrogen) atoms. The van der Waals surface area contributed by atoms with Gasteiger partial charge in [0.15, 0.2) is 0 Å². The van der Waals surface area contributed by atoms with E-state index in [-0.39, 0.29) is 18.0 Å². The third-order valence-corrected chi connectivity index (χ3v) is 3.69. The molecular formula is C15H23FN2O. The molecule has 1 N–H and O–H groups in total. The molecule has 2 atom stereocenters. The van der Waals surface area contributed by atoms with Crippen LogP contribution in [-0.2, 0) is 4.74 Å². The monoisotopic (exact) mass is 266 g/mol. The summed E-state index contributed by atoms with van der Waals surface area (Å²) in [6.45, 7) is 9.00. The summed E-state index contributed by atoms with van der Waals surface area (Å²) >= 11 is 0. The van der Waals surface area contributed by atoms with Gasteiger partial charge in [-0.05, 0) is 31.2 Å². The van der Waals surface area contributed by atoms with Crippen LogP contribution in [-0.4, -0.2) is 43.8 Å². The quantitative estimate of drug-likeness (QED) is 0.884. The number of benzene rings is 1. The number of hydrogen-bond donors (Lipinski definition) is 1. The average molecular weight is 266 g/mol. The van der Waals surface area contributed by atoms with Crippen molar-refractivity contribution in [3.8, 4) is 0 Å². The van der Waals surface area contributed by atoms with Crippen LogP contribution in [0.2, 0.25) is 0 Å². The molecule has 1 aromatic rings. The van der Waals surface area contributed by atoms with Gasteiger partial charge in [0.2, 0.25) is 0 Å². The average Bonchev–Trinajstić information content (AvgIpc) is 2.46. The van der Waals surface area contributed by atoms with Gasteiger partial charge in [-0.3, -0.25) is 4.90 Å². The number of hydrogen-bond acceptors (Lipinski definition) is 3. The maximum absolute atomic E-state index is 12.9. The van der Waals surface area contributed by atoms with Crippen LogP contribution in [0.5, 0.6) is 0 Å². The van der Waals surface area contributed by atoms with E-state index < -0.39 is 0 Å². The fourth-order valence-corrected chi connectivity index (χ4v) is 2.37. The summed E-state index contributed by atoms with van der Waals surface area (Å²) < 4.78 is 18.6. The molecule has 0 aromatic heterocycles. The number of nitrogens with zero attached hydrogens (tertiary/aromatic N) is 1. The van der Waals surface area contributed by atoms with E-state index in [9.17, 15) is 4.39 Å². The molecule has 0 bridgehead atoms. The zero-order valence-electron chi connectivity index (χ0n) is 11.7. The Balaban J connectivity index is 1.79.